The van der Waals surface area contributed by atoms with Gasteiger partial charge in [0, 0.05) is 17.4 Å². The van der Waals surface area contributed by atoms with Crippen molar-refractivity contribution < 1.29 is 4.39 Å². The third-order valence-corrected chi connectivity index (χ3v) is 5.14. The Hall–Kier alpha value is -2.14. The summed E-state index contributed by atoms with van der Waals surface area (Å²) >= 11 is 1.71. The summed E-state index contributed by atoms with van der Waals surface area (Å²) in [5.41, 5.74) is 3.47. The van der Waals surface area contributed by atoms with E-state index in [4.69, 9.17) is 0 Å². The summed E-state index contributed by atoms with van der Waals surface area (Å²) in [6, 6.07) is 15.5. The molecule has 0 radical (unpaired) electrons. The molecule has 24 heavy (non-hydrogen) atoms. The maximum atomic E-state index is 13.2. The first-order chi connectivity index (χ1) is 11.7. The van der Waals surface area contributed by atoms with Crippen molar-refractivity contribution in [3.05, 3.63) is 65.5 Å². The van der Waals surface area contributed by atoms with Crippen molar-refractivity contribution in [3.8, 4) is 11.4 Å². The van der Waals surface area contributed by atoms with Gasteiger partial charge in [-0.05, 0) is 49.6 Å². The molecule has 0 bridgehead atoms. The van der Waals surface area contributed by atoms with Crippen LogP contribution in [0.1, 0.15) is 30.0 Å². The first-order valence-electron chi connectivity index (χ1n) is 8.10. The summed E-state index contributed by atoms with van der Waals surface area (Å²) in [4.78, 5) is 0. The fourth-order valence-corrected chi connectivity index (χ4v) is 3.73. The number of rotatable bonds is 5. The van der Waals surface area contributed by atoms with Gasteiger partial charge in [0.15, 0.2) is 11.0 Å². The van der Waals surface area contributed by atoms with Crippen LogP contribution in [0.5, 0.6) is 0 Å². The topological polar surface area (TPSA) is 30.7 Å². The maximum absolute atomic E-state index is 13.2. The van der Waals surface area contributed by atoms with Crippen molar-refractivity contribution in [2.24, 2.45) is 0 Å². The van der Waals surface area contributed by atoms with E-state index < -0.39 is 0 Å². The van der Waals surface area contributed by atoms with Crippen molar-refractivity contribution >= 4 is 11.8 Å². The Morgan fingerprint density at radius 2 is 1.92 bits per heavy atom. The number of aromatic nitrogens is 3. The molecule has 0 aliphatic heterocycles. The molecule has 3 aromatic rings. The minimum Gasteiger partial charge on any atom is -0.299 e. The van der Waals surface area contributed by atoms with Gasteiger partial charge in [-0.15, -0.1) is 10.2 Å². The zero-order valence-electron chi connectivity index (χ0n) is 13.4. The van der Waals surface area contributed by atoms with Crippen LogP contribution in [0.15, 0.2) is 53.7 Å². The monoisotopic (exact) mass is 339 g/mol. The van der Waals surface area contributed by atoms with E-state index in [1.54, 1.807) is 23.9 Å². The Morgan fingerprint density at radius 3 is 2.62 bits per heavy atom. The van der Waals surface area contributed by atoms with Crippen LogP contribution in [0.25, 0.3) is 11.4 Å². The van der Waals surface area contributed by atoms with E-state index in [-0.39, 0.29) is 5.82 Å². The number of benzene rings is 2. The average molecular weight is 339 g/mol. The lowest BCUT2D eigenvalue weighted by Gasteiger charge is -2.09. The minimum absolute atomic E-state index is 0.231. The summed E-state index contributed by atoms with van der Waals surface area (Å²) < 4.78 is 15.4. The molecule has 0 N–H and O–H groups in total. The molecule has 0 atom stereocenters. The molecule has 122 valence electrons. The molecule has 1 aliphatic rings. The number of hydrogen-bond acceptors (Lipinski definition) is 3. The van der Waals surface area contributed by atoms with Crippen molar-refractivity contribution in [2.75, 3.05) is 0 Å². The third kappa shape index (κ3) is 3.22. The molecule has 3 nitrogen and oxygen atoms in total. The highest BCUT2D eigenvalue weighted by Crippen LogP contribution is 2.41. The molecule has 1 fully saturated rings. The van der Waals surface area contributed by atoms with E-state index in [1.165, 1.54) is 23.3 Å². The molecular formula is C19H18FN3S. The predicted molar refractivity (Wildman–Crippen MR) is 94.4 cm³/mol. The lowest BCUT2D eigenvalue weighted by Crippen LogP contribution is -2.00. The second-order valence-corrected chi connectivity index (χ2v) is 7.13. The molecular weight excluding hydrogens is 321 g/mol. The molecule has 1 heterocycles. The van der Waals surface area contributed by atoms with Crippen LogP contribution < -0.4 is 0 Å². The van der Waals surface area contributed by atoms with Gasteiger partial charge in [0.05, 0.1) is 0 Å². The summed E-state index contributed by atoms with van der Waals surface area (Å²) in [7, 11) is 0. The zero-order valence-corrected chi connectivity index (χ0v) is 14.3. The first kappa shape index (κ1) is 15.4. The second kappa shape index (κ2) is 6.40. The van der Waals surface area contributed by atoms with Crippen LogP contribution in [0, 0.1) is 12.7 Å². The quantitative estimate of drug-likeness (QED) is 0.612. The summed E-state index contributed by atoms with van der Waals surface area (Å²) in [6.45, 7) is 2.10. The SMILES string of the molecule is Cc1cccc(CSc2nnc(-c3ccc(F)cc3)n2C2CC2)c1. The van der Waals surface area contributed by atoms with E-state index in [9.17, 15) is 4.39 Å². The largest absolute Gasteiger partial charge is 0.299 e. The van der Waals surface area contributed by atoms with Crippen molar-refractivity contribution in [1.29, 1.82) is 0 Å². The molecule has 1 saturated carbocycles. The Labute approximate surface area is 144 Å². The van der Waals surface area contributed by atoms with Crippen molar-refractivity contribution in [3.63, 3.8) is 0 Å². The maximum Gasteiger partial charge on any atom is 0.192 e. The Kier molecular flexibility index (Phi) is 4.10. The Balaban J connectivity index is 1.61. The molecule has 0 amide bonds. The molecule has 5 heteroatoms. The van der Waals surface area contributed by atoms with Gasteiger partial charge in [0.25, 0.3) is 0 Å². The smallest absolute Gasteiger partial charge is 0.192 e. The predicted octanol–water partition coefficient (Wildman–Crippen LogP) is 5.02. The van der Waals surface area contributed by atoms with Gasteiger partial charge in [-0.1, -0.05) is 41.6 Å². The molecule has 2 aromatic carbocycles. The summed E-state index contributed by atoms with van der Waals surface area (Å²) in [5, 5.41) is 9.72. The van der Waals surface area contributed by atoms with Crippen LogP contribution in [0.3, 0.4) is 0 Å². The number of nitrogens with zero attached hydrogens (tertiary/aromatic N) is 3. The van der Waals surface area contributed by atoms with E-state index in [0.29, 0.717) is 6.04 Å². The zero-order chi connectivity index (χ0) is 16.5. The fourth-order valence-electron chi connectivity index (χ4n) is 2.78. The minimum atomic E-state index is -0.231. The Morgan fingerprint density at radius 1 is 1.12 bits per heavy atom. The van der Waals surface area contributed by atoms with Gasteiger partial charge in [0.2, 0.25) is 0 Å². The molecule has 1 aliphatic carbocycles. The highest BCUT2D eigenvalue weighted by Gasteiger charge is 2.30. The van der Waals surface area contributed by atoms with Gasteiger partial charge < -0.3 is 0 Å². The average Bonchev–Trinajstić information content (AvgIpc) is 3.33. The number of halogens is 1. The van der Waals surface area contributed by atoms with Gasteiger partial charge in [-0.3, -0.25) is 4.57 Å². The van der Waals surface area contributed by atoms with Crippen molar-refractivity contribution in [1.82, 2.24) is 14.8 Å². The fraction of sp³-hybridized carbons (Fsp3) is 0.263. The lowest BCUT2D eigenvalue weighted by molar-refractivity contribution is 0.627. The van der Waals surface area contributed by atoms with Gasteiger partial charge in [-0.25, -0.2) is 4.39 Å². The third-order valence-electron chi connectivity index (χ3n) is 4.13. The molecule has 0 unspecified atom stereocenters. The van der Waals surface area contributed by atoms with Crippen LogP contribution in [-0.4, -0.2) is 14.8 Å². The molecule has 1 aromatic heterocycles. The summed E-state index contributed by atoms with van der Waals surface area (Å²) in [6.07, 6.45) is 2.31. The van der Waals surface area contributed by atoms with Gasteiger partial charge in [-0.2, -0.15) is 0 Å². The molecule has 0 spiro atoms. The number of aryl methyl sites for hydroxylation is 1. The standard InChI is InChI=1S/C19H18FN3S/c1-13-3-2-4-14(11-13)12-24-19-22-21-18(23(19)17-9-10-17)15-5-7-16(20)8-6-15/h2-8,11,17H,9-10,12H2,1H3. The Bertz CT molecular complexity index is 853. The van der Waals surface area contributed by atoms with E-state index in [2.05, 4.69) is 46.0 Å². The van der Waals surface area contributed by atoms with E-state index in [1.807, 2.05) is 0 Å². The van der Waals surface area contributed by atoms with Crippen LogP contribution in [0.2, 0.25) is 0 Å². The van der Waals surface area contributed by atoms with E-state index >= 15 is 0 Å². The van der Waals surface area contributed by atoms with Crippen LogP contribution >= 0.6 is 11.8 Å². The van der Waals surface area contributed by atoms with E-state index in [0.717, 1.165) is 35.1 Å². The summed E-state index contributed by atoms with van der Waals surface area (Å²) in [5.74, 6) is 1.48. The van der Waals surface area contributed by atoms with Gasteiger partial charge >= 0.3 is 0 Å². The molecule has 0 saturated heterocycles. The lowest BCUT2D eigenvalue weighted by atomic mass is 10.2. The van der Waals surface area contributed by atoms with Crippen LogP contribution in [-0.2, 0) is 5.75 Å². The normalized spacial score (nSPS) is 14.1. The van der Waals surface area contributed by atoms with Crippen molar-refractivity contribution in [2.45, 2.75) is 36.7 Å². The highest BCUT2D eigenvalue weighted by atomic mass is 32.2. The second-order valence-electron chi connectivity index (χ2n) is 6.19. The number of thioether (sulfide) groups is 1. The first-order valence-corrected chi connectivity index (χ1v) is 9.08. The highest BCUT2D eigenvalue weighted by molar-refractivity contribution is 7.98. The van der Waals surface area contributed by atoms with Gasteiger partial charge in [0.1, 0.15) is 5.82 Å². The number of hydrogen-bond donors (Lipinski definition) is 0. The molecule has 4 rings (SSSR count). The van der Waals surface area contributed by atoms with Crippen LogP contribution in [0.4, 0.5) is 4.39 Å².